The van der Waals surface area contributed by atoms with Crippen molar-refractivity contribution in [3.63, 3.8) is 0 Å². The topological polar surface area (TPSA) is 97.6 Å². The van der Waals surface area contributed by atoms with E-state index in [0.717, 1.165) is 4.90 Å². The van der Waals surface area contributed by atoms with E-state index in [-0.39, 0.29) is 18.3 Å². The Hall–Kier alpha value is -3.75. The van der Waals surface area contributed by atoms with E-state index >= 15 is 0 Å². The molecule has 1 unspecified atom stereocenters. The van der Waals surface area contributed by atoms with Crippen LogP contribution in [0.2, 0.25) is 0 Å². The van der Waals surface area contributed by atoms with Gasteiger partial charge in [-0.15, -0.1) is 0 Å². The predicted molar refractivity (Wildman–Crippen MR) is 99.1 cm³/mol. The maximum Gasteiger partial charge on any atom is 0.325 e. The van der Waals surface area contributed by atoms with Crippen molar-refractivity contribution >= 4 is 11.9 Å². The third kappa shape index (κ3) is 3.31. The molecule has 0 spiro atoms. The van der Waals surface area contributed by atoms with E-state index in [1.807, 2.05) is 0 Å². The molecular formula is C20H17FN4O4. The average Bonchev–Trinajstić information content (AvgIpc) is 3.28. The van der Waals surface area contributed by atoms with Gasteiger partial charge < -0.3 is 14.6 Å². The van der Waals surface area contributed by atoms with Gasteiger partial charge in [-0.25, -0.2) is 9.18 Å². The minimum atomic E-state index is -1.30. The van der Waals surface area contributed by atoms with Crippen LogP contribution in [-0.2, 0) is 16.9 Å². The molecule has 1 atom stereocenters. The Morgan fingerprint density at radius 2 is 1.83 bits per heavy atom. The van der Waals surface area contributed by atoms with Crippen LogP contribution in [0.4, 0.5) is 9.18 Å². The molecule has 1 aromatic heterocycles. The van der Waals surface area contributed by atoms with Gasteiger partial charge in [-0.3, -0.25) is 9.69 Å². The van der Waals surface area contributed by atoms with E-state index in [9.17, 15) is 14.0 Å². The van der Waals surface area contributed by atoms with Gasteiger partial charge in [-0.1, -0.05) is 17.3 Å². The highest BCUT2D eigenvalue weighted by Gasteiger charge is 2.49. The minimum Gasteiger partial charge on any atom is -0.497 e. The molecule has 2 aromatic carbocycles. The number of hydrogen-bond acceptors (Lipinski definition) is 6. The number of halogens is 1. The zero-order chi connectivity index (χ0) is 20.6. The van der Waals surface area contributed by atoms with Gasteiger partial charge in [0, 0.05) is 5.56 Å². The van der Waals surface area contributed by atoms with Gasteiger partial charge in [0.05, 0.1) is 13.7 Å². The second-order valence-electron chi connectivity index (χ2n) is 6.70. The molecule has 9 heteroatoms. The number of urea groups is 1. The zero-order valence-corrected chi connectivity index (χ0v) is 15.7. The predicted octanol–water partition coefficient (Wildman–Crippen LogP) is 2.85. The Bertz CT molecular complexity index is 1060. The summed E-state index contributed by atoms with van der Waals surface area (Å²) in [6.07, 6.45) is 0. The third-order valence-corrected chi connectivity index (χ3v) is 4.80. The number of nitrogens with zero attached hydrogens (tertiary/aromatic N) is 3. The van der Waals surface area contributed by atoms with Crippen LogP contribution in [0.25, 0.3) is 11.5 Å². The van der Waals surface area contributed by atoms with Crippen molar-refractivity contribution in [3.05, 3.63) is 65.7 Å². The van der Waals surface area contributed by atoms with Crippen molar-refractivity contribution in [2.75, 3.05) is 7.11 Å². The number of amides is 3. The number of hydrogen-bond donors (Lipinski definition) is 1. The average molecular weight is 396 g/mol. The van der Waals surface area contributed by atoms with Crippen molar-refractivity contribution in [3.8, 4) is 17.2 Å². The lowest BCUT2D eigenvalue weighted by molar-refractivity contribution is -0.131. The largest absolute Gasteiger partial charge is 0.497 e. The van der Waals surface area contributed by atoms with Gasteiger partial charge in [0.15, 0.2) is 5.82 Å². The smallest absolute Gasteiger partial charge is 0.325 e. The molecule has 1 N–H and O–H groups in total. The molecule has 29 heavy (non-hydrogen) atoms. The van der Waals surface area contributed by atoms with Gasteiger partial charge in [-0.2, -0.15) is 4.98 Å². The van der Waals surface area contributed by atoms with Crippen LogP contribution in [0.1, 0.15) is 18.3 Å². The SMILES string of the molecule is COc1ccc(-c2nc(CN3C(=O)NC(C)(c4ccc(F)cc4)C3=O)no2)cc1. The van der Waals surface area contributed by atoms with Crippen molar-refractivity contribution in [1.82, 2.24) is 20.4 Å². The molecule has 2 heterocycles. The highest BCUT2D eigenvalue weighted by atomic mass is 19.1. The maximum atomic E-state index is 13.2. The molecule has 0 radical (unpaired) electrons. The van der Waals surface area contributed by atoms with E-state index in [1.54, 1.807) is 38.3 Å². The number of rotatable bonds is 5. The van der Waals surface area contributed by atoms with Crippen molar-refractivity contribution in [2.45, 2.75) is 19.0 Å². The third-order valence-electron chi connectivity index (χ3n) is 4.80. The maximum absolute atomic E-state index is 13.2. The fraction of sp³-hybridized carbons (Fsp3) is 0.200. The summed E-state index contributed by atoms with van der Waals surface area (Å²) in [5, 5.41) is 6.51. The van der Waals surface area contributed by atoms with Crippen LogP contribution < -0.4 is 10.1 Å². The summed E-state index contributed by atoms with van der Waals surface area (Å²) in [5.41, 5.74) is -0.141. The Labute approximate surface area is 165 Å². The summed E-state index contributed by atoms with van der Waals surface area (Å²) in [4.78, 5) is 30.6. The molecule has 3 amide bonds. The highest BCUT2D eigenvalue weighted by Crippen LogP contribution is 2.30. The first-order chi connectivity index (χ1) is 13.9. The Morgan fingerprint density at radius 3 is 2.48 bits per heavy atom. The van der Waals surface area contributed by atoms with E-state index in [2.05, 4.69) is 15.5 Å². The number of aromatic nitrogens is 2. The number of carbonyl (C=O) groups excluding carboxylic acids is 2. The van der Waals surface area contributed by atoms with Crippen LogP contribution in [-0.4, -0.2) is 34.1 Å². The van der Waals surface area contributed by atoms with Crippen LogP contribution >= 0.6 is 0 Å². The molecular weight excluding hydrogens is 379 g/mol. The van der Waals surface area contributed by atoms with Gasteiger partial charge in [0.25, 0.3) is 11.8 Å². The van der Waals surface area contributed by atoms with E-state index < -0.39 is 23.3 Å². The number of benzene rings is 2. The zero-order valence-electron chi connectivity index (χ0n) is 15.7. The highest BCUT2D eigenvalue weighted by molar-refractivity contribution is 6.07. The molecule has 8 nitrogen and oxygen atoms in total. The molecule has 1 aliphatic heterocycles. The summed E-state index contributed by atoms with van der Waals surface area (Å²) >= 11 is 0. The first-order valence-electron chi connectivity index (χ1n) is 8.78. The first-order valence-corrected chi connectivity index (χ1v) is 8.78. The Kier molecular flexibility index (Phi) is 4.50. The molecule has 0 aliphatic carbocycles. The van der Waals surface area contributed by atoms with E-state index in [1.165, 1.54) is 24.3 Å². The summed E-state index contributed by atoms with van der Waals surface area (Å²) in [6, 6.07) is 11.9. The fourth-order valence-electron chi connectivity index (χ4n) is 3.13. The number of nitrogens with one attached hydrogen (secondary N) is 1. The summed E-state index contributed by atoms with van der Waals surface area (Å²) in [5.74, 6) is 0.223. The molecule has 1 saturated heterocycles. The van der Waals surface area contributed by atoms with E-state index in [0.29, 0.717) is 16.9 Å². The standard InChI is InChI=1S/C20H17FN4O4/c1-20(13-5-7-14(21)8-6-13)18(26)25(19(27)23-20)11-16-22-17(29-24-16)12-3-9-15(28-2)10-4-12/h3-10H,11H2,1-2H3,(H,23,27). The summed E-state index contributed by atoms with van der Waals surface area (Å²) in [7, 11) is 1.57. The van der Waals surface area contributed by atoms with Crippen molar-refractivity contribution in [2.24, 2.45) is 0 Å². The monoisotopic (exact) mass is 396 g/mol. The number of ether oxygens (including phenoxy) is 1. The quantitative estimate of drug-likeness (QED) is 0.666. The van der Waals surface area contributed by atoms with E-state index in [4.69, 9.17) is 9.26 Å². The van der Waals surface area contributed by atoms with Gasteiger partial charge in [-0.05, 0) is 48.9 Å². The molecule has 4 rings (SSSR count). The van der Waals surface area contributed by atoms with Gasteiger partial charge in [0.2, 0.25) is 0 Å². The van der Waals surface area contributed by atoms with Crippen molar-refractivity contribution in [1.29, 1.82) is 0 Å². The number of carbonyl (C=O) groups is 2. The Balaban J connectivity index is 1.54. The second kappa shape index (κ2) is 7.01. The molecule has 1 fully saturated rings. The van der Waals surface area contributed by atoms with Gasteiger partial charge in [0.1, 0.15) is 17.1 Å². The normalized spacial score (nSPS) is 18.8. The molecule has 1 aliphatic rings. The molecule has 0 bridgehead atoms. The van der Waals surface area contributed by atoms with Crippen LogP contribution in [0.3, 0.4) is 0 Å². The lowest BCUT2D eigenvalue weighted by Gasteiger charge is -2.21. The van der Waals surface area contributed by atoms with Gasteiger partial charge >= 0.3 is 6.03 Å². The summed E-state index contributed by atoms with van der Waals surface area (Å²) < 4.78 is 23.6. The fourth-order valence-corrected chi connectivity index (χ4v) is 3.13. The minimum absolute atomic E-state index is 0.152. The van der Waals surface area contributed by atoms with Crippen LogP contribution in [0.15, 0.2) is 53.1 Å². The lowest BCUT2D eigenvalue weighted by Crippen LogP contribution is -2.40. The van der Waals surface area contributed by atoms with Crippen LogP contribution in [0.5, 0.6) is 5.75 Å². The Morgan fingerprint density at radius 1 is 1.14 bits per heavy atom. The lowest BCUT2D eigenvalue weighted by atomic mass is 9.92. The molecule has 0 saturated carbocycles. The number of methoxy groups -OCH3 is 1. The van der Waals surface area contributed by atoms with Crippen LogP contribution in [0, 0.1) is 5.82 Å². The molecule has 3 aromatic rings. The number of imide groups is 1. The van der Waals surface area contributed by atoms with Crippen molar-refractivity contribution < 1.29 is 23.2 Å². The second-order valence-corrected chi connectivity index (χ2v) is 6.70. The molecule has 148 valence electrons. The summed E-state index contributed by atoms with van der Waals surface area (Å²) in [6.45, 7) is 1.42. The first kappa shape index (κ1) is 18.6.